The van der Waals surface area contributed by atoms with E-state index in [4.69, 9.17) is 16.3 Å². The summed E-state index contributed by atoms with van der Waals surface area (Å²) in [5, 5.41) is 2.76. The third kappa shape index (κ3) is 3.98. The zero-order valence-corrected chi connectivity index (χ0v) is 16.9. The summed E-state index contributed by atoms with van der Waals surface area (Å²) >= 11 is 6.20. The molecular formula is C19H19ClN2O5S. The van der Waals surface area contributed by atoms with Gasteiger partial charge in [-0.3, -0.25) is 9.59 Å². The van der Waals surface area contributed by atoms with Crippen molar-refractivity contribution in [3.05, 3.63) is 53.1 Å². The van der Waals surface area contributed by atoms with Crippen LogP contribution >= 0.6 is 11.6 Å². The van der Waals surface area contributed by atoms with Gasteiger partial charge in [0.05, 0.1) is 34.6 Å². The average molecular weight is 423 g/mol. The molecule has 1 saturated heterocycles. The molecule has 28 heavy (non-hydrogen) atoms. The van der Waals surface area contributed by atoms with Crippen LogP contribution in [0.15, 0.2) is 42.5 Å². The van der Waals surface area contributed by atoms with E-state index in [9.17, 15) is 18.0 Å². The molecule has 1 aliphatic heterocycles. The molecule has 0 unspecified atom stereocenters. The predicted octanol–water partition coefficient (Wildman–Crippen LogP) is 3.30. The van der Waals surface area contributed by atoms with E-state index in [-0.39, 0.29) is 22.0 Å². The fraction of sp³-hybridized carbons (Fsp3) is 0.263. The summed E-state index contributed by atoms with van der Waals surface area (Å²) in [6, 6.07) is 11.0. The number of hydrogen-bond donors (Lipinski definition) is 1. The Hall–Kier alpha value is -2.58. The lowest BCUT2D eigenvalue weighted by atomic mass is 10.1. The van der Waals surface area contributed by atoms with Gasteiger partial charge in [0.25, 0.3) is 5.91 Å². The van der Waals surface area contributed by atoms with Crippen molar-refractivity contribution in [1.82, 2.24) is 0 Å². The van der Waals surface area contributed by atoms with E-state index >= 15 is 0 Å². The van der Waals surface area contributed by atoms with Crippen molar-refractivity contribution in [3.63, 3.8) is 0 Å². The van der Waals surface area contributed by atoms with Crippen molar-refractivity contribution in [2.45, 2.75) is 13.8 Å². The van der Waals surface area contributed by atoms with Gasteiger partial charge in [-0.25, -0.2) is 12.7 Å². The van der Waals surface area contributed by atoms with Crippen molar-refractivity contribution >= 4 is 44.8 Å². The van der Waals surface area contributed by atoms with Gasteiger partial charge >= 0.3 is 0 Å². The fourth-order valence-electron chi connectivity index (χ4n) is 2.90. The quantitative estimate of drug-likeness (QED) is 0.797. The van der Waals surface area contributed by atoms with E-state index in [1.165, 1.54) is 18.2 Å². The van der Waals surface area contributed by atoms with Crippen LogP contribution in [0.5, 0.6) is 5.75 Å². The highest BCUT2D eigenvalue weighted by molar-refractivity contribution is 7.94. The van der Waals surface area contributed by atoms with E-state index in [1.54, 1.807) is 31.2 Å². The molecule has 2 amide bonds. The molecule has 0 aliphatic carbocycles. The minimum atomic E-state index is -3.73. The molecule has 9 heteroatoms. The maximum Gasteiger partial charge on any atom is 0.257 e. The highest BCUT2D eigenvalue weighted by atomic mass is 35.5. The van der Waals surface area contributed by atoms with Gasteiger partial charge in [0.2, 0.25) is 15.9 Å². The third-order valence-corrected chi connectivity index (χ3v) is 6.40. The van der Waals surface area contributed by atoms with Crippen LogP contribution in [-0.2, 0) is 14.8 Å². The minimum absolute atomic E-state index is 0.0449. The van der Waals surface area contributed by atoms with E-state index in [0.29, 0.717) is 18.0 Å². The lowest BCUT2D eigenvalue weighted by Crippen LogP contribution is -2.30. The van der Waals surface area contributed by atoms with Crippen molar-refractivity contribution in [2.75, 3.05) is 22.0 Å². The molecule has 2 aromatic carbocycles. The van der Waals surface area contributed by atoms with Crippen LogP contribution in [0.1, 0.15) is 24.2 Å². The minimum Gasteiger partial charge on any atom is -0.494 e. The van der Waals surface area contributed by atoms with E-state index in [1.807, 2.05) is 6.92 Å². The van der Waals surface area contributed by atoms with Crippen molar-refractivity contribution in [1.29, 1.82) is 0 Å². The molecule has 3 rings (SSSR count). The number of carbonyl (C=O) groups is 2. The third-order valence-electron chi connectivity index (χ3n) is 4.22. The first-order chi connectivity index (χ1) is 13.2. The lowest BCUT2D eigenvalue weighted by molar-refractivity contribution is -0.119. The van der Waals surface area contributed by atoms with Crippen LogP contribution in [-0.4, -0.2) is 32.6 Å². The van der Waals surface area contributed by atoms with Crippen LogP contribution < -0.4 is 14.4 Å². The van der Waals surface area contributed by atoms with Gasteiger partial charge in [-0.05, 0) is 49.4 Å². The fourth-order valence-corrected chi connectivity index (χ4v) is 4.97. The molecule has 0 radical (unpaired) electrons. The summed E-state index contributed by atoms with van der Waals surface area (Å²) in [5.74, 6) is -1.14. The molecule has 0 saturated carbocycles. The molecule has 1 atom stereocenters. The Labute approximate surface area is 168 Å². The number of amides is 2. The first kappa shape index (κ1) is 20.2. The number of hydrogen-bond acceptors (Lipinski definition) is 5. The molecule has 0 bridgehead atoms. The largest absolute Gasteiger partial charge is 0.494 e. The second kappa shape index (κ2) is 7.81. The van der Waals surface area contributed by atoms with Crippen molar-refractivity contribution in [3.8, 4) is 5.75 Å². The van der Waals surface area contributed by atoms with Crippen LogP contribution in [0.4, 0.5) is 11.4 Å². The van der Waals surface area contributed by atoms with Crippen LogP contribution in [0.3, 0.4) is 0 Å². The Balaban J connectivity index is 1.80. The number of sulfonamides is 1. The van der Waals surface area contributed by atoms with Crippen LogP contribution in [0, 0.1) is 5.92 Å². The molecule has 2 aromatic rings. The van der Waals surface area contributed by atoms with E-state index < -0.39 is 27.8 Å². The number of ether oxygens (including phenoxy) is 1. The maximum atomic E-state index is 12.5. The average Bonchev–Trinajstić information content (AvgIpc) is 2.83. The normalized spacial score (nSPS) is 18.2. The molecule has 1 heterocycles. The highest BCUT2D eigenvalue weighted by Crippen LogP contribution is 2.31. The summed E-state index contributed by atoms with van der Waals surface area (Å²) in [6.45, 7) is 3.98. The van der Waals surface area contributed by atoms with Gasteiger partial charge in [-0.2, -0.15) is 0 Å². The summed E-state index contributed by atoms with van der Waals surface area (Å²) in [4.78, 5) is 24.7. The Morgan fingerprint density at radius 1 is 1.25 bits per heavy atom. The van der Waals surface area contributed by atoms with Crippen LogP contribution in [0.2, 0.25) is 5.02 Å². The van der Waals surface area contributed by atoms with Gasteiger partial charge in [0.15, 0.2) is 0 Å². The summed E-state index contributed by atoms with van der Waals surface area (Å²) in [5.41, 5.74) is 0.841. The van der Waals surface area contributed by atoms with Gasteiger partial charge < -0.3 is 10.1 Å². The molecule has 7 nitrogen and oxygen atoms in total. The van der Waals surface area contributed by atoms with Crippen LogP contribution in [0.25, 0.3) is 0 Å². The first-order valence-electron chi connectivity index (χ1n) is 8.63. The Bertz CT molecular complexity index is 1020. The number of benzene rings is 2. The molecule has 148 valence electrons. The van der Waals surface area contributed by atoms with Crippen molar-refractivity contribution < 1.29 is 22.7 Å². The Morgan fingerprint density at radius 3 is 2.46 bits per heavy atom. The maximum absolute atomic E-state index is 12.5. The number of rotatable bonds is 5. The highest BCUT2D eigenvalue weighted by Gasteiger charge is 2.42. The lowest BCUT2D eigenvalue weighted by Gasteiger charge is -2.16. The molecule has 1 fully saturated rings. The summed E-state index contributed by atoms with van der Waals surface area (Å²) in [7, 11) is -3.73. The van der Waals surface area contributed by atoms with Gasteiger partial charge in [0, 0.05) is 5.69 Å². The number of nitrogens with one attached hydrogen (secondary N) is 1. The second-order valence-electron chi connectivity index (χ2n) is 6.36. The van der Waals surface area contributed by atoms with Gasteiger partial charge in [-0.15, -0.1) is 0 Å². The Morgan fingerprint density at radius 2 is 1.93 bits per heavy atom. The summed E-state index contributed by atoms with van der Waals surface area (Å²) < 4.78 is 30.5. The SMILES string of the molecule is CCOc1ccc(NC(=O)c2ccc(N3C(=O)[C@H](C)CS3(=O)=O)cc2Cl)cc1. The smallest absolute Gasteiger partial charge is 0.257 e. The Kier molecular flexibility index (Phi) is 5.62. The molecule has 0 spiro atoms. The zero-order valence-electron chi connectivity index (χ0n) is 15.3. The predicted molar refractivity (Wildman–Crippen MR) is 107 cm³/mol. The number of carbonyl (C=O) groups excluding carboxylic acids is 2. The standard InChI is InChI=1S/C19H19ClN2O5S/c1-3-27-15-7-4-13(5-8-15)21-18(23)16-9-6-14(10-17(16)20)22-19(24)12(2)11-28(22,25)26/h4-10,12H,3,11H2,1-2H3,(H,21,23)/t12-/m1/s1. The molecule has 1 N–H and O–H groups in total. The van der Waals surface area contributed by atoms with Gasteiger partial charge in [0.1, 0.15) is 5.75 Å². The second-order valence-corrected chi connectivity index (χ2v) is 8.63. The molecule has 1 aliphatic rings. The monoisotopic (exact) mass is 422 g/mol. The molecule has 0 aromatic heterocycles. The number of halogens is 1. The summed E-state index contributed by atoms with van der Waals surface area (Å²) in [6.07, 6.45) is 0. The van der Waals surface area contributed by atoms with E-state index in [0.717, 1.165) is 4.31 Å². The number of anilines is 2. The van der Waals surface area contributed by atoms with Crippen molar-refractivity contribution in [2.24, 2.45) is 5.92 Å². The van der Waals surface area contributed by atoms with E-state index in [2.05, 4.69) is 5.32 Å². The molecular weight excluding hydrogens is 404 g/mol. The topological polar surface area (TPSA) is 92.8 Å². The zero-order chi connectivity index (χ0) is 20.5. The first-order valence-corrected chi connectivity index (χ1v) is 10.6. The number of nitrogens with zero attached hydrogens (tertiary/aromatic N) is 1. The van der Waals surface area contributed by atoms with Gasteiger partial charge in [-0.1, -0.05) is 18.5 Å².